The van der Waals surface area contributed by atoms with Gasteiger partial charge in [0.25, 0.3) is 0 Å². The van der Waals surface area contributed by atoms with E-state index in [1.807, 2.05) is 0 Å². The van der Waals surface area contributed by atoms with Crippen molar-refractivity contribution in [3.63, 3.8) is 0 Å². The second kappa shape index (κ2) is 11.4. The number of benzene rings is 7. The summed E-state index contributed by atoms with van der Waals surface area (Å²) in [4.78, 5) is 0. The fraction of sp³-hybridized carbons (Fsp3) is 0.106. The Morgan fingerprint density at radius 3 is 1.17 bits per heavy atom. The first-order valence-electron chi connectivity index (χ1n) is 17.2. The highest BCUT2D eigenvalue weighted by Gasteiger charge is 2.39. The molecular weight excluding hydrogens is 575 g/mol. The van der Waals surface area contributed by atoms with Crippen LogP contribution in [0.5, 0.6) is 0 Å². The van der Waals surface area contributed by atoms with Gasteiger partial charge in [-0.25, -0.2) is 0 Å². The Hall–Kier alpha value is -5.40. The maximum absolute atomic E-state index is 2.50. The average molecular weight is 613 g/mol. The van der Waals surface area contributed by atoms with Gasteiger partial charge in [-0.2, -0.15) is 0 Å². The molecule has 7 aromatic carbocycles. The fourth-order valence-electron chi connectivity index (χ4n) is 8.65. The van der Waals surface area contributed by atoms with Crippen molar-refractivity contribution in [3.8, 4) is 44.5 Å². The van der Waals surface area contributed by atoms with E-state index in [-0.39, 0.29) is 6.71 Å². The lowest BCUT2D eigenvalue weighted by Gasteiger charge is -2.37. The molecule has 0 radical (unpaired) electrons. The van der Waals surface area contributed by atoms with Crippen LogP contribution in [-0.4, -0.2) is 6.71 Å². The molecule has 0 bridgehead atoms. The van der Waals surface area contributed by atoms with Crippen LogP contribution in [0.2, 0.25) is 0 Å². The Morgan fingerprint density at radius 2 is 0.688 bits per heavy atom. The monoisotopic (exact) mass is 612 g/mol. The van der Waals surface area contributed by atoms with E-state index in [1.165, 1.54) is 94.4 Å². The highest BCUT2D eigenvalue weighted by Crippen LogP contribution is 2.33. The van der Waals surface area contributed by atoms with Crippen molar-refractivity contribution in [2.45, 2.75) is 33.6 Å². The molecule has 7 aromatic rings. The molecule has 2 aliphatic rings. The van der Waals surface area contributed by atoms with Crippen molar-refractivity contribution in [1.82, 2.24) is 0 Å². The van der Waals surface area contributed by atoms with E-state index in [0.29, 0.717) is 0 Å². The van der Waals surface area contributed by atoms with E-state index in [0.717, 1.165) is 12.8 Å². The standard InChI is InChI=1S/C47H37B/c1-30-22-31(2)45-41(23-30)28-43-26-40(38-20-16-36(17-21-38)34-12-8-5-9-13-34)27-44-29-42-25-39(24-32(3)46(42)48(45)47(43)44)37-18-14-35(15-19-37)33-10-6-4-7-11-33/h4-27H,28-29H2,1-3H3. The largest absolute Gasteiger partial charge is 0.243 e. The second-order valence-corrected chi connectivity index (χ2v) is 13.9. The highest BCUT2D eigenvalue weighted by molar-refractivity contribution is 6.97. The highest BCUT2D eigenvalue weighted by atomic mass is 14.3. The molecule has 0 N–H and O–H groups in total. The summed E-state index contributed by atoms with van der Waals surface area (Å²) in [6, 6.07) is 54.3. The Kier molecular flexibility index (Phi) is 6.83. The summed E-state index contributed by atoms with van der Waals surface area (Å²) in [6.45, 7) is 7.18. The topological polar surface area (TPSA) is 0 Å². The van der Waals surface area contributed by atoms with Crippen LogP contribution < -0.4 is 16.4 Å². The summed E-state index contributed by atoms with van der Waals surface area (Å²) >= 11 is 0. The van der Waals surface area contributed by atoms with Gasteiger partial charge in [0.1, 0.15) is 0 Å². The third-order valence-electron chi connectivity index (χ3n) is 10.7. The SMILES string of the molecule is Cc1cc(C)c2c(c1)Cc1cc(-c3ccc(-c4ccccc4)cc3)cc3c1B2c1c(C)cc(-c2ccc(-c4ccccc4)cc2)cc1C3. The van der Waals surface area contributed by atoms with Gasteiger partial charge >= 0.3 is 0 Å². The van der Waals surface area contributed by atoms with Gasteiger partial charge in [0.15, 0.2) is 0 Å². The summed E-state index contributed by atoms with van der Waals surface area (Å²) in [5.41, 5.74) is 24.9. The van der Waals surface area contributed by atoms with Crippen LogP contribution in [0, 0.1) is 20.8 Å². The number of fused-ring (bicyclic) bond motifs is 4. The van der Waals surface area contributed by atoms with Gasteiger partial charge in [0, 0.05) is 0 Å². The number of hydrogen-bond acceptors (Lipinski definition) is 0. The fourth-order valence-corrected chi connectivity index (χ4v) is 8.65. The molecule has 2 heterocycles. The first-order valence-corrected chi connectivity index (χ1v) is 17.2. The van der Waals surface area contributed by atoms with E-state index in [4.69, 9.17) is 0 Å². The quantitative estimate of drug-likeness (QED) is 0.174. The summed E-state index contributed by atoms with van der Waals surface area (Å²) in [5, 5.41) is 0. The Bertz CT molecular complexity index is 2310. The zero-order valence-corrected chi connectivity index (χ0v) is 27.8. The van der Waals surface area contributed by atoms with Crippen molar-refractivity contribution >= 4 is 23.1 Å². The first kappa shape index (κ1) is 28.8. The van der Waals surface area contributed by atoms with Crippen molar-refractivity contribution in [1.29, 1.82) is 0 Å². The zero-order valence-electron chi connectivity index (χ0n) is 27.8. The van der Waals surface area contributed by atoms with Crippen LogP contribution in [0.25, 0.3) is 44.5 Å². The molecule has 0 saturated carbocycles. The third kappa shape index (κ3) is 4.85. The van der Waals surface area contributed by atoms with Crippen molar-refractivity contribution in [2.24, 2.45) is 0 Å². The molecule has 0 spiro atoms. The van der Waals surface area contributed by atoms with Gasteiger partial charge in [0.05, 0.1) is 0 Å². The summed E-state index contributed by atoms with van der Waals surface area (Å²) in [6.07, 6.45) is 1.95. The molecule has 0 unspecified atom stereocenters. The summed E-state index contributed by atoms with van der Waals surface area (Å²) in [7, 11) is 0. The molecule has 0 nitrogen and oxygen atoms in total. The number of aryl methyl sites for hydroxylation is 3. The summed E-state index contributed by atoms with van der Waals surface area (Å²) < 4.78 is 0. The molecule has 2 aliphatic heterocycles. The van der Waals surface area contributed by atoms with Gasteiger partial charge in [0.2, 0.25) is 6.71 Å². The molecule has 228 valence electrons. The van der Waals surface area contributed by atoms with E-state index < -0.39 is 0 Å². The molecule has 9 rings (SSSR count). The Morgan fingerprint density at radius 1 is 0.333 bits per heavy atom. The normalized spacial score (nSPS) is 12.7. The predicted molar refractivity (Wildman–Crippen MR) is 206 cm³/mol. The number of hydrogen-bond donors (Lipinski definition) is 0. The van der Waals surface area contributed by atoms with Gasteiger partial charge in [-0.3, -0.25) is 0 Å². The lowest BCUT2D eigenvalue weighted by Crippen LogP contribution is -2.62. The molecular formula is C47H37B. The van der Waals surface area contributed by atoms with E-state index in [1.54, 1.807) is 5.46 Å². The molecule has 0 amide bonds. The number of rotatable bonds is 4. The molecule has 1 heteroatoms. The molecule has 48 heavy (non-hydrogen) atoms. The van der Waals surface area contributed by atoms with Crippen LogP contribution in [0.1, 0.15) is 38.9 Å². The van der Waals surface area contributed by atoms with Crippen molar-refractivity contribution in [3.05, 3.63) is 185 Å². The smallest absolute Gasteiger partial charge is 0.0623 e. The van der Waals surface area contributed by atoms with Crippen molar-refractivity contribution < 1.29 is 0 Å². The lowest BCUT2D eigenvalue weighted by atomic mass is 9.29. The molecule has 0 aliphatic carbocycles. The third-order valence-corrected chi connectivity index (χ3v) is 10.7. The van der Waals surface area contributed by atoms with E-state index >= 15 is 0 Å². The lowest BCUT2D eigenvalue weighted by molar-refractivity contribution is 1.13. The Balaban J connectivity index is 1.17. The minimum Gasteiger partial charge on any atom is -0.0623 e. The van der Waals surface area contributed by atoms with Gasteiger partial charge in [-0.05, 0) is 100 Å². The molecule has 0 saturated heterocycles. The maximum Gasteiger partial charge on any atom is 0.243 e. The van der Waals surface area contributed by atoms with Gasteiger partial charge in [-0.15, -0.1) is 0 Å². The van der Waals surface area contributed by atoms with E-state index in [2.05, 4.69) is 166 Å². The van der Waals surface area contributed by atoms with Crippen LogP contribution >= 0.6 is 0 Å². The Labute approximate surface area is 284 Å². The molecule has 0 atom stereocenters. The van der Waals surface area contributed by atoms with Crippen LogP contribution in [-0.2, 0) is 12.8 Å². The average Bonchev–Trinajstić information content (AvgIpc) is 3.11. The first-order chi connectivity index (χ1) is 23.5. The summed E-state index contributed by atoms with van der Waals surface area (Å²) in [5.74, 6) is 0. The maximum atomic E-state index is 2.50. The minimum atomic E-state index is 0.270. The minimum absolute atomic E-state index is 0.270. The van der Waals surface area contributed by atoms with Gasteiger partial charge < -0.3 is 0 Å². The predicted octanol–water partition coefficient (Wildman–Crippen LogP) is 9.60. The van der Waals surface area contributed by atoms with Crippen LogP contribution in [0.15, 0.2) is 146 Å². The van der Waals surface area contributed by atoms with Gasteiger partial charge in [-0.1, -0.05) is 179 Å². The van der Waals surface area contributed by atoms with Crippen LogP contribution in [0.3, 0.4) is 0 Å². The molecule has 0 fully saturated rings. The second-order valence-electron chi connectivity index (χ2n) is 13.9. The molecule has 0 aromatic heterocycles. The zero-order chi connectivity index (χ0) is 32.4. The van der Waals surface area contributed by atoms with Crippen LogP contribution in [0.4, 0.5) is 0 Å². The van der Waals surface area contributed by atoms with Crippen molar-refractivity contribution in [2.75, 3.05) is 0 Å². The van der Waals surface area contributed by atoms with E-state index in [9.17, 15) is 0 Å².